The van der Waals surface area contributed by atoms with E-state index in [0.717, 1.165) is 23.4 Å². The molecule has 158 valence electrons. The zero-order valence-electron chi connectivity index (χ0n) is 16.8. The van der Waals surface area contributed by atoms with Crippen molar-refractivity contribution in [1.29, 1.82) is 0 Å². The Labute approximate surface area is 194 Å². The molecule has 0 amide bonds. The zero-order chi connectivity index (χ0) is 21.1. The average molecular weight is 596 g/mol. The third-order valence-electron chi connectivity index (χ3n) is 4.80. The van der Waals surface area contributed by atoms with Crippen molar-refractivity contribution in [2.24, 2.45) is 0 Å². The second-order valence-corrected chi connectivity index (χ2v) is 7.27. The van der Waals surface area contributed by atoms with Crippen LogP contribution in [0.15, 0.2) is 72.9 Å². The zero-order valence-corrected chi connectivity index (χ0v) is 19.1. The van der Waals surface area contributed by atoms with E-state index in [1.807, 2.05) is 30.3 Å². The van der Waals surface area contributed by atoms with E-state index in [-0.39, 0.29) is 37.9 Å². The molecule has 0 aliphatic carbocycles. The van der Waals surface area contributed by atoms with Crippen molar-refractivity contribution in [3.05, 3.63) is 108 Å². The molecule has 0 saturated carbocycles. The maximum atomic E-state index is 14.1. The molecule has 0 fully saturated rings. The summed E-state index contributed by atoms with van der Waals surface area (Å²) in [5.74, 6) is -0.672. The van der Waals surface area contributed by atoms with Crippen molar-refractivity contribution in [2.75, 3.05) is 0 Å². The van der Waals surface area contributed by atoms with Crippen LogP contribution in [0.4, 0.5) is 8.78 Å². The standard InChI is InChI=1S/C25H18F2N2O.Pt/c1-25(2,23-10-3-4-14-28-23)17-7-5-8-19(15-17)30-24-11-6-9-22(29-24)20-13-12-18(26)16-21(20)27;/h3-12,14,16H,1-2H3;/q-2;+2. The van der Waals surface area contributed by atoms with Crippen LogP contribution in [0.3, 0.4) is 0 Å². The molecule has 0 radical (unpaired) electrons. The summed E-state index contributed by atoms with van der Waals surface area (Å²) in [6, 6.07) is 24.1. The molecule has 0 unspecified atom stereocenters. The molecule has 0 aliphatic rings. The Bertz CT molecular complexity index is 1180. The van der Waals surface area contributed by atoms with Crippen molar-refractivity contribution in [1.82, 2.24) is 9.97 Å². The maximum absolute atomic E-state index is 14.1. The molecule has 2 aromatic carbocycles. The summed E-state index contributed by atoms with van der Waals surface area (Å²) in [7, 11) is 0. The Morgan fingerprint density at radius 3 is 2.52 bits per heavy atom. The molecule has 4 aromatic rings. The predicted molar refractivity (Wildman–Crippen MR) is 110 cm³/mol. The molecule has 0 atom stereocenters. The summed E-state index contributed by atoms with van der Waals surface area (Å²) in [4.78, 5) is 8.79. The number of halogens is 2. The first-order chi connectivity index (χ1) is 14.4. The molecule has 31 heavy (non-hydrogen) atoms. The molecule has 2 aromatic heterocycles. The summed E-state index contributed by atoms with van der Waals surface area (Å²) >= 11 is 0. The molecular formula is C25H18F2N2OPt. The van der Waals surface area contributed by atoms with Crippen LogP contribution in [0.1, 0.15) is 25.1 Å². The third kappa shape index (κ3) is 5.05. The van der Waals surface area contributed by atoms with Gasteiger partial charge in [0, 0.05) is 34.7 Å². The maximum Gasteiger partial charge on any atom is 2.00 e. The minimum atomic E-state index is -0.731. The van der Waals surface area contributed by atoms with E-state index in [4.69, 9.17) is 4.74 Å². The molecule has 3 nitrogen and oxygen atoms in total. The van der Waals surface area contributed by atoms with E-state index in [0.29, 0.717) is 11.4 Å². The van der Waals surface area contributed by atoms with Gasteiger partial charge in [0.05, 0.1) is 0 Å². The molecule has 0 aliphatic heterocycles. The number of nitrogens with zero attached hydrogens (tertiary/aromatic N) is 2. The molecule has 0 bridgehead atoms. The minimum absolute atomic E-state index is 0. The molecule has 6 heteroatoms. The van der Waals surface area contributed by atoms with E-state index in [1.165, 1.54) is 0 Å². The van der Waals surface area contributed by atoms with Crippen molar-refractivity contribution in [3.63, 3.8) is 0 Å². The summed E-state index contributed by atoms with van der Waals surface area (Å²) < 4.78 is 33.1. The van der Waals surface area contributed by atoms with Crippen LogP contribution in [0.25, 0.3) is 11.3 Å². The van der Waals surface area contributed by atoms with Gasteiger partial charge < -0.3 is 4.74 Å². The SMILES string of the molecule is CC(C)(c1[c-]c(Oc2cccc(-c3[c-]cc(F)cc3F)n2)ccc1)c1ccccn1.[Pt+2]. The Hall–Kier alpha value is -2.91. The fourth-order valence-corrected chi connectivity index (χ4v) is 3.11. The number of hydrogen-bond donors (Lipinski definition) is 0. The van der Waals surface area contributed by atoms with E-state index in [1.54, 1.807) is 30.5 Å². The molecular weight excluding hydrogens is 577 g/mol. The van der Waals surface area contributed by atoms with Gasteiger partial charge in [0.2, 0.25) is 5.88 Å². The normalized spacial score (nSPS) is 11.0. The Balaban J connectivity index is 0.00000272. The van der Waals surface area contributed by atoms with Crippen LogP contribution in [-0.2, 0) is 26.5 Å². The largest absolute Gasteiger partial charge is 2.00 e. The van der Waals surface area contributed by atoms with Crippen LogP contribution in [0.2, 0.25) is 0 Å². The predicted octanol–water partition coefficient (Wildman–Crippen LogP) is 6.14. The minimum Gasteiger partial charge on any atom is -0.466 e. The molecule has 0 saturated heterocycles. The topological polar surface area (TPSA) is 35.0 Å². The van der Waals surface area contributed by atoms with Crippen LogP contribution in [-0.4, -0.2) is 9.97 Å². The average Bonchev–Trinajstić information content (AvgIpc) is 2.75. The van der Waals surface area contributed by atoms with E-state index in [2.05, 4.69) is 35.9 Å². The van der Waals surface area contributed by atoms with Gasteiger partial charge in [0.1, 0.15) is 0 Å². The Morgan fingerprint density at radius 1 is 0.968 bits per heavy atom. The van der Waals surface area contributed by atoms with E-state index >= 15 is 0 Å². The first kappa shape index (κ1) is 22.8. The van der Waals surface area contributed by atoms with E-state index in [9.17, 15) is 8.78 Å². The van der Waals surface area contributed by atoms with Gasteiger partial charge in [-0.3, -0.25) is 18.7 Å². The first-order valence-electron chi connectivity index (χ1n) is 9.40. The molecule has 4 rings (SSSR count). The van der Waals surface area contributed by atoms with E-state index < -0.39 is 11.6 Å². The van der Waals surface area contributed by atoms with Crippen molar-refractivity contribution in [2.45, 2.75) is 19.3 Å². The van der Waals surface area contributed by atoms with Gasteiger partial charge in [-0.25, -0.2) is 0 Å². The van der Waals surface area contributed by atoms with Gasteiger partial charge in [-0.2, -0.15) is 12.1 Å². The number of rotatable bonds is 5. The van der Waals surface area contributed by atoms with Crippen molar-refractivity contribution < 1.29 is 34.6 Å². The summed E-state index contributed by atoms with van der Waals surface area (Å²) in [5.41, 5.74) is 1.83. The van der Waals surface area contributed by atoms with Crippen LogP contribution in [0, 0.1) is 23.8 Å². The summed E-state index contributed by atoms with van der Waals surface area (Å²) in [5, 5.41) is 0. The van der Waals surface area contributed by atoms with Gasteiger partial charge in [-0.15, -0.1) is 29.8 Å². The number of pyridine rings is 2. The van der Waals surface area contributed by atoms with Gasteiger partial charge in [0.25, 0.3) is 0 Å². The van der Waals surface area contributed by atoms with Gasteiger partial charge in [-0.05, 0) is 23.9 Å². The third-order valence-corrected chi connectivity index (χ3v) is 4.80. The van der Waals surface area contributed by atoms with Crippen molar-refractivity contribution in [3.8, 4) is 22.9 Å². The van der Waals surface area contributed by atoms with Gasteiger partial charge in [0.15, 0.2) is 0 Å². The second-order valence-electron chi connectivity index (χ2n) is 7.27. The molecule has 0 spiro atoms. The quantitative estimate of drug-likeness (QED) is 0.260. The number of aromatic nitrogens is 2. The second kappa shape index (κ2) is 9.48. The van der Waals surface area contributed by atoms with Crippen LogP contribution in [0.5, 0.6) is 11.6 Å². The van der Waals surface area contributed by atoms with Crippen LogP contribution >= 0.6 is 0 Å². The summed E-state index contributed by atoms with van der Waals surface area (Å²) in [6.07, 6.45) is 1.76. The Morgan fingerprint density at radius 2 is 1.77 bits per heavy atom. The van der Waals surface area contributed by atoms with Gasteiger partial charge in [-0.1, -0.05) is 43.7 Å². The van der Waals surface area contributed by atoms with Crippen molar-refractivity contribution >= 4 is 0 Å². The molecule has 0 N–H and O–H groups in total. The van der Waals surface area contributed by atoms with Gasteiger partial charge >= 0.3 is 21.1 Å². The number of hydrogen-bond acceptors (Lipinski definition) is 3. The fraction of sp³-hybridized carbons (Fsp3) is 0.120. The first-order valence-corrected chi connectivity index (χ1v) is 9.40. The number of benzene rings is 2. The number of ether oxygens (including phenoxy) is 1. The summed E-state index contributed by atoms with van der Waals surface area (Å²) in [6.45, 7) is 4.13. The molecule has 2 heterocycles. The Kier molecular flexibility index (Phi) is 6.97. The monoisotopic (exact) mass is 595 g/mol. The fourth-order valence-electron chi connectivity index (χ4n) is 3.11. The van der Waals surface area contributed by atoms with Crippen LogP contribution < -0.4 is 4.74 Å². The smallest absolute Gasteiger partial charge is 0.466 e.